The molecule has 0 aliphatic heterocycles. The van der Waals surface area contributed by atoms with Crippen LogP contribution in [-0.2, 0) is 9.53 Å². The molecule has 1 aliphatic rings. The number of carbonyl (C=O) groups excluding carboxylic acids is 1. The van der Waals surface area contributed by atoms with Gasteiger partial charge < -0.3 is 4.74 Å². The summed E-state index contributed by atoms with van der Waals surface area (Å²) in [6.07, 6.45) is 4.16. The number of ether oxygens (including phenoxy) is 1. The highest BCUT2D eigenvalue weighted by Gasteiger charge is 2.44. The standard InChI is InChI=1S/C7H11O2/c1-2-3-7(4-5-7)9-6-8/h2-5H2,1H3. The SMILES string of the molecule is CCCC1(O[C]=O)CC1. The lowest BCUT2D eigenvalue weighted by Crippen LogP contribution is -2.11. The van der Waals surface area contributed by atoms with Gasteiger partial charge in [-0.3, -0.25) is 0 Å². The fraction of sp³-hybridized carbons (Fsp3) is 0.857. The van der Waals surface area contributed by atoms with Crippen molar-refractivity contribution >= 4 is 6.47 Å². The van der Waals surface area contributed by atoms with Gasteiger partial charge in [0.25, 0.3) is 0 Å². The van der Waals surface area contributed by atoms with Crippen molar-refractivity contribution in [2.24, 2.45) is 0 Å². The van der Waals surface area contributed by atoms with Crippen molar-refractivity contribution in [1.82, 2.24) is 0 Å². The van der Waals surface area contributed by atoms with Gasteiger partial charge in [-0.15, -0.1) is 0 Å². The van der Waals surface area contributed by atoms with Crippen LogP contribution in [0.1, 0.15) is 32.6 Å². The molecule has 9 heavy (non-hydrogen) atoms. The molecular formula is C7H11O2. The quantitative estimate of drug-likeness (QED) is 0.570. The third kappa shape index (κ3) is 1.44. The zero-order chi connectivity index (χ0) is 6.74. The molecule has 0 aromatic heterocycles. The summed E-state index contributed by atoms with van der Waals surface area (Å²) in [5, 5.41) is 0. The van der Waals surface area contributed by atoms with Crippen LogP contribution in [0, 0.1) is 0 Å². The van der Waals surface area contributed by atoms with Crippen molar-refractivity contribution in [3.05, 3.63) is 0 Å². The Morgan fingerprint density at radius 3 is 2.67 bits per heavy atom. The third-order valence-electron chi connectivity index (χ3n) is 1.77. The van der Waals surface area contributed by atoms with Crippen LogP contribution in [0.4, 0.5) is 0 Å². The van der Waals surface area contributed by atoms with Crippen LogP contribution in [0.2, 0.25) is 0 Å². The predicted octanol–water partition coefficient (Wildman–Crippen LogP) is 1.40. The second kappa shape index (κ2) is 2.38. The topological polar surface area (TPSA) is 26.3 Å². The molecule has 1 aliphatic carbocycles. The summed E-state index contributed by atoms with van der Waals surface area (Å²) in [6, 6.07) is 0. The molecule has 1 fully saturated rings. The average Bonchev–Trinajstić information content (AvgIpc) is 2.51. The first-order valence-corrected chi connectivity index (χ1v) is 3.38. The van der Waals surface area contributed by atoms with E-state index in [1.165, 1.54) is 6.47 Å². The van der Waals surface area contributed by atoms with Crippen molar-refractivity contribution in [1.29, 1.82) is 0 Å². The highest BCUT2D eigenvalue weighted by molar-refractivity contribution is 5.40. The van der Waals surface area contributed by atoms with Crippen LogP contribution >= 0.6 is 0 Å². The largest absolute Gasteiger partial charge is 0.451 e. The highest BCUT2D eigenvalue weighted by Crippen LogP contribution is 2.42. The summed E-state index contributed by atoms with van der Waals surface area (Å²) in [6.45, 7) is 3.60. The Balaban J connectivity index is 2.24. The van der Waals surface area contributed by atoms with Crippen LogP contribution in [-0.4, -0.2) is 12.1 Å². The number of hydrogen-bond acceptors (Lipinski definition) is 2. The maximum Gasteiger partial charge on any atom is 0.418 e. The van der Waals surface area contributed by atoms with Crippen molar-refractivity contribution < 1.29 is 9.53 Å². The first kappa shape index (κ1) is 6.59. The van der Waals surface area contributed by atoms with E-state index < -0.39 is 0 Å². The zero-order valence-electron chi connectivity index (χ0n) is 5.64. The zero-order valence-corrected chi connectivity index (χ0v) is 5.64. The molecule has 2 nitrogen and oxygen atoms in total. The summed E-state index contributed by atoms with van der Waals surface area (Å²) in [7, 11) is 0. The summed E-state index contributed by atoms with van der Waals surface area (Å²) in [5.74, 6) is 0. The highest BCUT2D eigenvalue weighted by atomic mass is 16.5. The lowest BCUT2D eigenvalue weighted by Gasteiger charge is -2.08. The van der Waals surface area contributed by atoms with Gasteiger partial charge in [-0.05, 0) is 19.3 Å². The van der Waals surface area contributed by atoms with E-state index >= 15 is 0 Å². The molecule has 0 atom stereocenters. The fourth-order valence-electron chi connectivity index (χ4n) is 1.09. The van der Waals surface area contributed by atoms with Gasteiger partial charge in [0, 0.05) is 0 Å². The van der Waals surface area contributed by atoms with Crippen molar-refractivity contribution in [3.8, 4) is 0 Å². The van der Waals surface area contributed by atoms with Crippen LogP contribution < -0.4 is 0 Å². The molecule has 0 heterocycles. The second-order valence-electron chi connectivity index (χ2n) is 2.62. The van der Waals surface area contributed by atoms with Gasteiger partial charge in [0.2, 0.25) is 0 Å². The second-order valence-corrected chi connectivity index (χ2v) is 2.62. The Morgan fingerprint density at radius 2 is 2.33 bits per heavy atom. The van der Waals surface area contributed by atoms with Gasteiger partial charge in [-0.1, -0.05) is 13.3 Å². The molecule has 0 unspecified atom stereocenters. The van der Waals surface area contributed by atoms with E-state index in [0.717, 1.165) is 25.7 Å². The van der Waals surface area contributed by atoms with Crippen LogP contribution in [0.25, 0.3) is 0 Å². The maximum atomic E-state index is 9.79. The summed E-state index contributed by atoms with van der Waals surface area (Å²) in [5.41, 5.74) is -0.0729. The smallest absolute Gasteiger partial charge is 0.418 e. The molecule has 0 aromatic rings. The predicted molar refractivity (Wildman–Crippen MR) is 33.7 cm³/mol. The van der Waals surface area contributed by atoms with Gasteiger partial charge in [0.15, 0.2) is 0 Å². The van der Waals surface area contributed by atoms with E-state index in [1.54, 1.807) is 0 Å². The van der Waals surface area contributed by atoms with Crippen LogP contribution in [0.5, 0.6) is 0 Å². The Labute approximate surface area is 55.2 Å². The van der Waals surface area contributed by atoms with Crippen molar-refractivity contribution in [2.75, 3.05) is 0 Å². The summed E-state index contributed by atoms with van der Waals surface area (Å²) >= 11 is 0. The van der Waals surface area contributed by atoms with Gasteiger partial charge in [0.05, 0.1) is 0 Å². The van der Waals surface area contributed by atoms with E-state index in [1.807, 2.05) is 0 Å². The monoisotopic (exact) mass is 127 g/mol. The molecular weight excluding hydrogens is 116 g/mol. The molecule has 1 saturated carbocycles. The Morgan fingerprint density at radius 1 is 1.67 bits per heavy atom. The minimum Gasteiger partial charge on any atom is -0.451 e. The molecule has 0 amide bonds. The molecule has 1 rings (SSSR count). The normalized spacial score (nSPS) is 21.0. The molecule has 51 valence electrons. The van der Waals surface area contributed by atoms with Gasteiger partial charge in [-0.25, -0.2) is 4.79 Å². The molecule has 1 radical (unpaired) electrons. The van der Waals surface area contributed by atoms with Crippen LogP contribution in [0.3, 0.4) is 0 Å². The van der Waals surface area contributed by atoms with E-state index in [9.17, 15) is 4.79 Å². The fourth-order valence-corrected chi connectivity index (χ4v) is 1.09. The minimum absolute atomic E-state index is 0.0729. The average molecular weight is 127 g/mol. The Hall–Kier alpha value is -0.530. The van der Waals surface area contributed by atoms with Gasteiger partial charge >= 0.3 is 6.47 Å². The Kier molecular flexibility index (Phi) is 1.74. The molecule has 0 saturated heterocycles. The molecule has 0 N–H and O–H groups in total. The lowest BCUT2D eigenvalue weighted by atomic mass is 10.2. The number of rotatable bonds is 4. The van der Waals surface area contributed by atoms with Gasteiger partial charge in [-0.2, -0.15) is 0 Å². The van der Waals surface area contributed by atoms with Crippen molar-refractivity contribution in [3.63, 3.8) is 0 Å². The molecule has 2 heteroatoms. The van der Waals surface area contributed by atoms with Crippen LogP contribution in [0.15, 0.2) is 0 Å². The lowest BCUT2D eigenvalue weighted by molar-refractivity contribution is 0.144. The van der Waals surface area contributed by atoms with Crippen molar-refractivity contribution in [2.45, 2.75) is 38.2 Å². The Bertz CT molecular complexity index is 105. The van der Waals surface area contributed by atoms with E-state index in [4.69, 9.17) is 4.74 Å². The van der Waals surface area contributed by atoms with E-state index in [0.29, 0.717) is 0 Å². The molecule has 0 aromatic carbocycles. The molecule has 0 spiro atoms. The first-order chi connectivity index (χ1) is 4.33. The minimum atomic E-state index is -0.0729. The third-order valence-corrected chi connectivity index (χ3v) is 1.77. The van der Waals surface area contributed by atoms with E-state index in [-0.39, 0.29) is 5.60 Å². The summed E-state index contributed by atoms with van der Waals surface area (Å²) < 4.78 is 4.78. The number of hydrogen-bond donors (Lipinski definition) is 0. The maximum absolute atomic E-state index is 9.79. The first-order valence-electron chi connectivity index (χ1n) is 3.38. The molecule has 0 bridgehead atoms. The van der Waals surface area contributed by atoms with Gasteiger partial charge in [0.1, 0.15) is 5.60 Å². The van der Waals surface area contributed by atoms with E-state index in [2.05, 4.69) is 6.92 Å². The summed E-state index contributed by atoms with van der Waals surface area (Å²) in [4.78, 5) is 9.79.